The fourth-order valence-electron chi connectivity index (χ4n) is 0.857. The summed E-state index contributed by atoms with van der Waals surface area (Å²) in [4.78, 5) is 0. The molecule has 0 unspecified atom stereocenters. The van der Waals surface area contributed by atoms with Gasteiger partial charge in [0.15, 0.2) is 0 Å². The molecule has 1 aliphatic carbocycles. The minimum Gasteiger partial charge on any atom is -0.269 e. The minimum absolute atomic E-state index is 0.705. The molecule has 1 aliphatic rings. The highest BCUT2D eigenvalue weighted by Gasteiger charge is 2.23. The van der Waals surface area contributed by atoms with Gasteiger partial charge < -0.3 is 0 Å². The van der Waals surface area contributed by atoms with E-state index in [1.54, 1.807) is 0 Å². The lowest BCUT2D eigenvalue weighted by molar-refractivity contribution is 0.637. The van der Waals surface area contributed by atoms with Crippen molar-refractivity contribution in [1.82, 2.24) is 9.78 Å². The van der Waals surface area contributed by atoms with Gasteiger partial charge in [0, 0.05) is 6.20 Å². The van der Waals surface area contributed by atoms with Crippen LogP contribution in [0.5, 0.6) is 0 Å². The Bertz CT molecular complexity index is 215. The van der Waals surface area contributed by atoms with Crippen LogP contribution in [-0.2, 0) is 0 Å². The molecule has 0 bridgehead atoms. The average molecular weight is 187 g/mol. The summed E-state index contributed by atoms with van der Waals surface area (Å²) in [5.74, 6) is 0. The number of halogens is 1. The maximum Gasteiger partial charge on any atom is 0.128 e. The zero-order valence-corrected chi connectivity index (χ0v) is 6.50. The maximum absolute atomic E-state index is 4.21. The summed E-state index contributed by atoms with van der Waals surface area (Å²) in [6.45, 7) is 0. The van der Waals surface area contributed by atoms with Crippen molar-refractivity contribution in [2.24, 2.45) is 0 Å². The lowest BCUT2D eigenvalue weighted by Gasteiger charge is -1.91. The molecular weight excluding hydrogens is 180 g/mol. The summed E-state index contributed by atoms with van der Waals surface area (Å²) in [6.07, 6.45) is 4.62. The van der Waals surface area contributed by atoms with Crippen molar-refractivity contribution >= 4 is 15.9 Å². The van der Waals surface area contributed by atoms with Crippen molar-refractivity contribution in [3.05, 3.63) is 16.9 Å². The first-order valence-corrected chi connectivity index (χ1v) is 3.86. The van der Waals surface area contributed by atoms with Gasteiger partial charge in [-0.25, -0.2) is 0 Å². The first kappa shape index (κ1) is 5.47. The van der Waals surface area contributed by atoms with E-state index in [9.17, 15) is 0 Å². The third-order valence-electron chi connectivity index (χ3n) is 1.50. The molecule has 2 rings (SSSR count). The third-order valence-corrected chi connectivity index (χ3v) is 1.92. The highest BCUT2D eigenvalue weighted by molar-refractivity contribution is 9.10. The lowest BCUT2D eigenvalue weighted by atomic mass is 10.7. The van der Waals surface area contributed by atoms with Crippen molar-refractivity contribution in [1.29, 1.82) is 0 Å². The van der Waals surface area contributed by atoms with Gasteiger partial charge in [0.1, 0.15) is 4.60 Å². The number of aromatic nitrogens is 2. The summed E-state index contributed by atoms with van der Waals surface area (Å²) >= 11 is 3.30. The fraction of sp³-hybridized carbons (Fsp3) is 0.500. The minimum atomic E-state index is 0.705. The Morgan fingerprint density at radius 2 is 2.44 bits per heavy atom. The average Bonchev–Trinajstić information content (AvgIpc) is 2.58. The molecule has 0 radical (unpaired) electrons. The predicted molar refractivity (Wildman–Crippen MR) is 38.2 cm³/mol. The molecule has 2 nitrogen and oxygen atoms in total. The van der Waals surface area contributed by atoms with Crippen LogP contribution in [0.4, 0.5) is 0 Å². The van der Waals surface area contributed by atoms with Gasteiger partial charge >= 0.3 is 0 Å². The van der Waals surface area contributed by atoms with Gasteiger partial charge in [-0.15, -0.1) is 0 Å². The molecule has 0 aromatic carbocycles. The molecule has 1 fully saturated rings. The zero-order chi connectivity index (χ0) is 6.27. The highest BCUT2D eigenvalue weighted by atomic mass is 79.9. The van der Waals surface area contributed by atoms with Crippen molar-refractivity contribution in [2.75, 3.05) is 0 Å². The molecule has 9 heavy (non-hydrogen) atoms. The van der Waals surface area contributed by atoms with Gasteiger partial charge in [-0.1, -0.05) is 0 Å². The summed E-state index contributed by atoms with van der Waals surface area (Å²) in [7, 11) is 0. The zero-order valence-electron chi connectivity index (χ0n) is 4.92. The second kappa shape index (κ2) is 1.84. The molecule has 0 aliphatic heterocycles. The van der Waals surface area contributed by atoms with Gasteiger partial charge in [0.05, 0.1) is 6.04 Å². The van der Waals surface area contributed by atoms with Crippen LogP contribution < -0.4 is 0 Å². The molecule has 0 spiro atoms. The fourth-order valence-corrected chi connectivity index (χ4v) is 1.16. The third kappa shape index (κ3) is 1.01. The molecule has 0 amide bonds. The van der Waals surface area contributed by atoms with Crippen LogP contribution in [0.3, 0.4) is 0 Å². The largest absolute Gasteiger partial charge is 0.269 e. The van der Waals surface area contributed by atoms with Crippen molar-refractivity contribution in [2.45, 2.75) is 18.9 Å². The lowest BCUT2D eigenvalue weighted by Crippen LogP contribution is -1.92. The van der Waals surface area contributed by atoms with E-state index < -0.39 is 0 Å². The normalized spacial score (nSPS) is 18.3. The molecular formula is C6H7BrN2. The molecule has 3 heteroatoms. The van der Waals surface area contributed by atoms with Gasteiger partial charge in [-0.2, -0.15) is 5.10 Å². The standard InChI is InChI=1S/C6H7BrN2/c7-6-3-4-9(8-6)5-1-2-5/h3-5H,1-2H2. The van der Waals surface area contributed by atoms with Gasteiger partial charge in [-0.3, -0.25) is 4.68 Å². The molecule has 0 N–H and O–H groups in total. The van der Waals surface area contributed by atoms with Crippen LogP contribution in [0.2, 0.25) is 0 Å². The van der Waals surface area contributed by atoms with E-state index in [1.807, 2.05) is 16.9 Å². The Kier molecular flexibility index (Phi) is 1.12. The Labute approximate surface area is 62.0 Å². The van der Waals surface area contributed by atoms with E-state index in [-0.39, 0.29) is 0 Å². The molecule has 0 atom stereocenters. The Hall–Kier alpha value is -0.310. The van der Waals surface area contributed by atoms with E-state index in [0.717, 1.165) is 4.60 Å². The summed E-state index contributed by atoms with van der Waals surface area (Å²) in [6, 6.07) is 2.68. The van der Waals surface area contributed by atoms with Crippen LogP contribution in [0.15, 0.2) is 16.9 Å². The molecule has 0 saturated heterocycles. The topological polar surface area (TPSA) is 17.8 Å². The molecule has 48 valence electrons. The Morgan fingerprint density at radius 1 is 1.67 bits per heavy atom. The van der Waals surface area contributed by atoms with E-state index in [4.69, 9.17) is 0 Å². The van der Waals surface area contributed by atoms with E-state index >= 15 is 0 Å². The first-order valence-electron chi connectivity index (χ1n) is 3.07. The van der Waals surface area contributed by atoms with E-state index in [0.29, 0.717) is 6.04 Å². The summed E-state index contributed by atoms with van der Waals surface area (Å²) in [5.41, 5.74) is 0. The summed E-state index contributed by atoms with van der Waals surface area (Å²) < 4.78 is 2.96. The van der Waals surface area contributed by atoms with Gasteiger partial charge in [-0.05, 0) is 34.8 Å². The number of rotatable bonds is 1. The highest BCUT2D eigenvalue weighted by Crippen LogP contribution is 2.34. The number of nitrogens with zero attached hydrogens (tertiary/aromatic N) is 2. The van der Waals surface area contributed by atoms with E-state index in [2.05, 4.69) is 21.0 Å². The quantitative estimate of drug-likeness (QED) is 0.657. The van der Waals surface area contributed by atoms with Gasteiger partial charge in [0.25, 0.3) is 0 Å². The monoisotopic (exact) mass is 186 g/mol. The molecule has 1 saturated carbocycles. The van der Waals surface area contributed by atoms with Crippen LogP contribution in [0.25, 0.3) is 0 Å². The first-order chi connectivity index (χ1) is 4.36. The maximum atomic E-state index is 4.21. The molecule has 1 heterocycles. The van der Waals surface area contributed by atoms with Crippen LogP contribution in [-0.4, -0.2) is 9.78 Å². The Morgan fingerprint density at radius 3 is 2.89 bits per heavy atom. The second-order valence-corrected chi connectivity index (χ2v) is 3.16. The van der Waals surface area contributed by atoms with Crippen molar-refractivity contribution < 1.29 is 0 Å². The predicted octanol–water partition coefficient (Wildman–Crippen LogP) is 1.98. The number of hydrogen-bond donors (Lipinski definition) is 0. The smallest absolute Gasteiger partial charge is 0.128 e. The second-order valence-electron chi connectivity index (χ2n) is 2.35. The molecule has 1 aromatic rings. The summed E-state index contributed by atoms with van der Waals surface area (Å²) in [5, 5.41) is 4.21. The van der Waals surface area contributed by atoms with Crippen molar-refractivity contribution in [3.63, 3.8) is 0 Å². The number of hydrogen-bond acceptors (Lipinski definition) is 1. The van der Waals surface area contributed by atoms with E-state index in [1.165, 1.54) is 12.8 Å². The SMILES string of the molecule is Brc1ccn(C2CC2)n1. The van der Waals surface area contributed by atoms with Crippen molar-refractivity contribution in [3.8, 4) is 0 Å². The van der Waals surface area contributed by atoms with Crippen LogP contribution in [0.1, 0.15) is 18.9 Å². The molecule has 1 aromatic heterocycles. The van der Waals surface area contributed by atoms with Crippen LogP contribution >= 0.6 is 15.9 Å². The Balaban J connectivity index is 2.28. The van der Waals surface area contributed by atoms with Crippen LogP contribution in [0, 0.1) is 0 Å². The van der Waals surface area contributed by atoms with Gasteiger partial charge in [0.2, 0.25) is 0 Å².